The summed E-state index contributed by atoms with van der Waals surface area (Å²) in [6.45, 7) is -0.122. The lowest BCUT2D eigenvalue weighted by Gasteiger charge is -2.09. The van der Waals surface area contributed by atoms with Crippen molar-refractivity contribution < 1.29 is 9.90 Å². The molecular weight excluding hydrogens is 204 g/mol. The molecule has 0 saturated heterocycles. The number of benzene rings is 2. The predicted octanol–water partition coefficient (Wildman–Crippen LogP) is 1.84. The lowest BCUT2D eigenvalue weighted by molar-refractivity contribution is -0.135. The van der Waals surface area contributed by atoms with Gasteiger partial charge in [-0.05, 0) is 11.5 Å². The Bertz CT molecular complexity index is 506. The van der Waals surface area contributed by atoms with E-state index in [0.717, 1.165) is 16.5 Å². The van der Waals surface area contributed by atoms with Gasteiger partial charge in [0.25, 0.3) is 0 Å². The fourth-order valence-electron chi connectivity index (χ4n) is 1.55. The molecule has 4 nitrogen and oxygen atoms in total. The molecule has 0 heterocycles. The van der Waals surface area contributed by atoms with Crippen molar-refractivity contribution in [3.8, 4) is 0 Å². The standard InChI is InChI=1S/C12H12N2O2/c15-12(16)8-13-14-11-7-3-5-9-4-1-2-6-10(9)11/h1-7,13-14H,8H2,(H,15,16). The lowest BCUT2D eigenvalue weighted by Crippen LogP contribution is -2.28. The molecule has 0 spiro atoms. The van der Waals surface area contributed by atoms with Crippen molar-refractivity contribution >= 4 is 22.4 Å². The van der Waals surface area contributed by atoms with Crippen molar-refractivity contribution in [1.82, 2.24) is 5.43 Å². The summed E-state index contributed by atoms with van der Waals surface area (Å²) in [5, 5.41) is 10.7. The molecule has 2 rings (SSSR count). The summed E-state index contributed by atoms with van der Waals surface area (Å²) in [5.74, 6) is -0.896. The Morgan fingerprint density at radius 3 is 2.69 bits per heavy atom. The van der Waals surface area contributed by atoms with Crippen LogP contribution in [-0.2, 0) is 4.79 Å². The van der Waals surface area contributed by atoms with Crippen LogP contribution in [0.4, 0.5) is 5.69 Å². The molecule has 0 aliphatic heterocycles. The van der Waals surface area contributed by atoms with Crippen molar-refractivity contribution in [1.29, 1.82) is 0 Å². The number of nitrogens with one attached hydrogen (secondary N) is 2. The Balaban J connectivity index is 2.20. The SMILES string of the molecule is O=C(O)CNNc1cccc2ccccc12. The van der Waals surface area contributed by atoms with Crippen LogP contribution < -0.4 is 10.9 Å². The molecule has 2 aromatic rings. The zero-order valence-corrected chi connectivity index (χ0v) is 8.60. The van der Waals surface area contributed by atoms with E-state index in [0.29, 0.717) is 0 Å². The van der Waals surface area contributed by atoms with E-state index in [1.165, 1.54) is 0 Å². The summed E-state index contributed by atoms with van der Waals surface area (Å²) in [6.07, 6.45) is 0. The third-order valence-electron chi connectivity index (χ3n) is 2.25. The molecule has 0 aliphatic rings. The summed E-state index contributed by atoms with van der Waals surface area (Å²) in [4.78, 5) is 10.4. The summed E-state index contributed by atoms with van der Waals surface area (Å²) in [6, 6.07) is 13.8. The van der Waals surface area contributed by atoms with E-state index in [1.807, 2.05) is 42.5 Å². The van der Waals surface area contributed by atoms with Gasteiger partial charge in [-0.25, -0.2) is 5.43 Å². The fraction of sp³-hybridized carbons (Fsp3) is 0.0833. The number of carbonyl (C=O) groups is 1. The van der Waals surface area contributed by atoms with Crippen LogP contribution >= 0.6 is 0 Å². The predicted molar refractivity (Wildman–Crippen MR) is 63.2 cm³/mol. The molecule has 4 heteroatoms. The van der Waals surface area contributed by atoms with Gasteiger partial charge in [0, 0.05) is 5.39 Å². The summed E-state index contributed by atoms with van der Waals surface area (Å²) < 4.78 is 0. The maximum Gasteiger partial charge on any atom is 0.319 e. The second-order valence-electron chi connectivity index (χ2n) is 3.40. The molecule has 0 fully saturated rings. The maximum absolute atomic E-state index is 10.4. The van der Waals surface area contributed by atoms with Crippen molar-refractivity contribution in [3.05, 3.63) is 42.5 Å². The Morgan fingerprint density at radius 1 is 1.12 bits per heavy atom. The van der Waals surface area contributed by atoms with E-state index in [2.05, 4.69) is 10.9 Å². The minimum atomic E-state index is -0.896. The van der Waals surface area contributed by atoms with Crippen LogP contribution in [0.15, 0.2) is 42.5 Å². The molecule has 0 bridgehead atoms. The monoisotopic (exact) mass is 216 g/mol. The highest BCUT2D eigenvalue weighted by molar-refractivity contribution is 5.93. The number of carboxylic acids is 1. The fourth-order valence-corrected chi connectivity index (χ4v) is 1.55. The third kappa shape index (κ3) is 2.29. The quantitative estimate of drug-likeness (QED) is 0.682. The highest BCUT2D eigenvalue weighted by Crippen LogP contribution is 2.21. The second kappa shape index (κ2) is 4.63. The van der Waals surface area contributed by atoms with Gasteiger partial charge in [0.05, 0.1) is 5.69 Å². The molecule has 0 unspecified atom stereocenters. The number of aliphatic carboxylic acids is 1. The molecule has 16 heavy (non-hydrogen) atoms. The number of anilines is 1. The highest BCUT2D eigenvalue weighted by Gasteiger charge is 1.99. The van der Waals surface area contributed by atoms with Gasteiger partial charge in [0.2, 0.25) is 0 Å². The third-order valence-corrected chi connectivity index (χ3v) is 2.25. The van der Waals surface area contributed by atoms with Crippen molar-refractivity contribution in [2.75, 3.05) is 12.0 Å². The molecule has 0 atom stereocenters. The first-order valence-corrected chi connectivity index (χ1v) is 4.96. The smallest absolute Gasteiger partial charge is 0.319 e. The van der Waals surface area contributed by atoms with Crippen LogP contribution in [0, 0.1) is 0 Å². The molecule has 0 radical (unpaired) electrons. The number of hydrazine groups is 1. The van der Waals surface area contributed by atoms with Crippen LogP contribution in [0.3, 0.4) is 0 Å². The van der Waals surface area contributed by atoms with Gasteiger partial charge in [-0.1, -0.05) is 36.4 Å². The Hall–Kier alpha value is -2.07. The van der Waals surface area contributed by atoms with Crippen LogP contribution in [0.1, 0.15) is 0 Å². The number of carboxylic acid groups (broad SMARTS) is 1. The van der Waals surface area contributed by atoms with Gasteiger partial charge >= 0.3 is 5.97 Å². The molecule has 2 aromatic carbocycles. The van der Waals surface area contributed by atoms with E-state index >= 15 is 0 Å². The van der Waals surface area contributed by atoms with Crippen LogP contribution in [0.25, 0.3) is 10.8 Å². The normalized spacial score (nSPS) is 10.2. The molecule has 0 amide bonds. The number of hydrogen-bond acceptors (Lipinski definition) is 3. The molecule has 0 aliphatic carbocycles. The maximum atomic E-state index is 10.4. The Morgan fingerprint density at radius 2 is 1.88 bits per heavy atom. The van der Waals surface area contributed by atoms with Crippen LogP contribution in [-0.4, -0.2) is 17.6 Å². The van der Waals surface area contributed by atoms with Gasteiger partial charge in [0.15, 0.2) is 0 Å². The second-order valence-corrected chi connectivity index (χ2v) is 3.40. The van der Waals surface area contributed by atoms with E-state index < -0.39 is 5.97 Å². The van der Waals surface area contributed by atoms with Crippen LogP contribution in [0.5, 0.6) is 0 Å². The summed E-state index contributed by atoms with van der Waals surface area (Å²) in [5.41, 5.74) is 6.41. The lowest BCUT2D eigenvalue weighted by atomic mass is 10.1. The topological polar surface area (TPSA) is 61.4 Å². The van der Waals surface area contributed by atoms with E-state index in [-0.39, 0.29) is 6.54 Å². The van der Waals surface area contributed by atoms with Crippen molar-refractivity contribution in [2.24, 2.45) is 0 Å². The number of hydrogen-bond donors (Lipinski definition) is 3. The van der Waals surface area contributed by atoms with Gasteiger partial charge in [0.1, 0.15) is 6.54 Å². The highest BCUT2D eigenvalue weighted by atomic mass is 16.4. The first kappa shape index (κ1) is 10.4. The van der Waals surface area contributed by atoms with Crippen molar-refractivity contribution in [3.63, 3.8) is 0 Å². The molecule has 0 saturated carbocycles. The Kier molecular flexibility index (Phi) is 3.03. The minimum Gasteiger partial charge on any atom is -0.480 e. The average molecular weight is 216 g/mol. The minimum absolute atomic E-state index is 0.122. The molecule has 82 valence electrons. The first-order chi connectivity index (χ1) is 7.77. The number of fused-ring (bicyclic) bond motifs is 1. The van der Waals surface area contributed by atoms with Gasteiger partial charge in [-0.2, -0.15) is 0 Å². The molecule has 3 N–H and O–H groups in total. The van der Waals surface area contributed by atoms with E-state index in [4.69, 9.17) is 5.11 Å². The summed E-state index contributed by atoms with van der Waals surface area (Å²) in [7, 11) is 0. The molecular formula is C12H12N2O2. The number of rotatable bonds is 4. The Labute approximate surface area is 92.9 Å². The van der Waals surface area contributed by atoms with Gasteiger partial charge in [-0.3, -0.25) is 4.79 Å². The largest absolute Gasteiger partial charge is 0.480 e. The average Bonchev–Trinajstić information content (AvgIpc) is 2.29. The molecule has 0 aromatic heterocycles. The van der Waals surface area contributed by atoms with Crippen molar-refractivity contribution in [2.45, 2.75) is 0 Å². The van der Waals surface area contributed by atoms with E-state index in [9.17, 15) is 4.79 Å². The summed E-state index contributed by atoms with van der Waals surface area (Å²) >= 11 is 0. The zero-order valence-electron chi connectivity index (χ0n) is 8.60. The van der Waals surface area contributed by atoms with Crippen LogP contribution in [0.2, 0.25) is 0 Å². The first-order valence-electron chi connectivity index (χ1n) is 4.96. The zero-order chi connectivity index (χ0) is 11.4. The van der Waals surface area contributed by atoms with Gasteiger partial charge in [-0.15, -0.1) is 0 Å². The van der Waals surface area contributed by atoms with Gasteiger partial charge < -0.3 is 10.5 Å². The van der Waals surface area contributed by atoms with E-state index in [1.54, 1.807) is 0 Å².